The van der Waals surface area contributed by atoms with E-state index >= 15 is 0 Å². The van der Waals surface area contributed by atoms with Crippen LogP contribution in [0.3, 0.4) is 0 Å². The van der Waals surface area contributed by atoms with E-state index in [2.05, 4.69) is 21.2 Å². The molecule has 27 heavy (non-hydrogen) atoms. The summed E-state index contributed by atoms with van der Waals surface area (Å²) in [5, 5.41) is 11.2. The van der Waals surface area contributed by atoms with Gasteiger partial charge in [-0.3, -0.25) is 9.59 Å². The van der Waals surface area contributed by atoms with Gasteiger partial charge >= 0.3 is 12.0 Å². The van der Waals surface area contributed by atoms with Gasteiger partial charge in [-0.1, -0.05) is 15.9 Å². The molecule has 1 aromatic carbocycles. The minimum atomic E-state index is -1.29. The van der Waals surface area contributed by atoms with Crippen LogP contribution in [0.1, 0.15) is 17.0 Å². The molecular formula is C18H15BrFN3O4. The number of hydrogen-bond donors (Lipinski definition) is 2. The average Bonchev–Trinajstić information content (AvgIpc) is 2.99. The standard InChI is InChI=1S/C18H15BrFN3O4/c1-9-5-11(6-14-17(26)22(8-16(24)25)18(27)21-14)10(2)23(9)15-4-3-12(19)7-13(15)20/h3-7H,8H2,1-2H3,(H,21,27)(H,24,25)/b14-6+. The molecule has 3 amide bonds. The van der Waals surface area contributed by atoms with E-state index in [0.29, 0.717) is 26.3 Å². The summed E-state index contributed by atoms with van der Waals surface area (Å²) in [5.74, 6) is -2.42. The molecule has 140 valence electrons. The minimum absolute atomic E-state index is 0.0298. The number of nitrogens with zero attached hydrogens (tertiary/aromatic N) is 2. The van der Waals surface area contributed by atoms with E-state index in [9.17, 15) is 18.8 Å². The molecule has 2 heterocycles. The van der Waals surface area contributed by atoms with E-state index in [0.717, 1.165) is 5.69 Å². The number of aromatic nitrogens is 1. The van der Waals surface area contributed by atoms with Crippen molar-refractivity contribution in [3.05, 3.63) is 57.2 Å². The molecule has 1 saturated heterocycles. The molecule has 0 atom stereocenters. The number of aliphatic carboxylic acids is 1. The summed E-state index contributed by atoms with van der Waals surface area (Å²) in [6.07, 6.45) is 1.46. The van der Waals surface area contributed by atoms with Gasteiger partial charge in [-0.15, -0.1) is 0 Å². The van der Waals surface area contributed by atoms with Crippen molar-refractivity contribution in [2.24, 2.45) is 0 Å². The zero-order chi connectivity index (χ0) is 19.9. The SMILES string of the molecule is Cc1cc(/C=C2/NC(=O)N(CC(=O)O)C2=O)c(C)n1-c1ccc(Br)cc1F. The Labute approximate surface area is 162 Å². The van der Waals surface area contributed by atoms with Gasteiger partial charge in [-0.25, -0.2) is 14.1 Å². The Balaban J connectivity index is 2.00. The Bertz CT molecular complexity index is 1010. The number of benzene rings is 1. The van der Waals surface area contributed by atoms with E-state index < -0.39 is 30.3 Å². The van der Waals surface area contributed by atoms with Crippen molar-refractivity contribution in [2.75, 3.05) is 6.54 Å². The normalized spacial score (nSPS) is 15.6. The van der Waals surface area contributed by atoms with Crippen LogP contribution in [0, 0.1) is 19.7 Å². The molecule has 2 N–H and O–H groups in total. The fourth-order valence-corrected chi connectivity index (χ4v) is 3.31. The Morgan fingerprint density at radius 3 is 2.63 bits per heavy atom. The molecule has 1 fully saturated rings. The fourth-order valence-electron chi connectivity index (χ4n) is 2.97. The minimum Gasteiger partial charge on any atom is -0.480 e. The van der Waals surface area contributed by atoms with Crippen molar-refractivity contribution < 1.29 is 23.9 Å². The van der Waals surface area contributed by atoms with Crippen molar-refractivity contribution in [1.29, 1.82) is 0 Å². The van der Waals surface area contributed by atoms with Crippen LogP contribution in [0.25, 0.3) is 11.8 Å². The highest BCUT2D eigenvalue weighted by Crippen LogP contribution is 2.26. The van der Waals surface area contributed by atoms with Gasteiger partial charge in [0.2, 0.25) is 0 Å². The van der Waals surface area contributed by atoms with Crippen LogP contribution in [0.4, 0.5) is 9.18 Å². The first-order valence-electron chi connectivity index (χ1n) is 7.89. The van der Waals surface area contributed by atoms with Crippen molar-refractivity contribution in [2.45, 2.75) is 13.8 Å². The third-order valence-electron chi connectivity index (χ3n) is 4.18. The molecule has 7 nitrogen and oxygen atoms in total. The molecule has 9 heteroatoms. The lowest BCUT2D eigenvalue weighted by Crippen LogP contribution is -2.35. The third kappa shape index (κ3) is 3.50. The largest absolute Gasteiger partial charge is 0.480 e. The molecular weight excluding hydrogens is 421 g/mol. The Hall–Kier alpha value is -2.94. The number of halogens is 2. The number of carboxylic acid groups (broad SMARTS) is 1. The first-order valence-corrected chi connectivity index (χ1v) is 8.69. The second-order valence-electron chi connectivity index (χ2n) is 6.03. The summed E-state index contributed by atoms with van der Waals surface area (Å²) in [6, 6.07) is 5.68. The molecule has 1 aromatic heterocycles. The smallest absolute Gasteiger partial charge is 0.329 e. The van der Waals surface area contributed by atoms with E-state index in [1.165, 1.54) is 12.1 Å². The van der Waals surface area contributed by atoms with Crippen LogP contribution in [-0.2, 0) is 9.59 Å². The molecule has 0 unspecified atom stereocenters. The number of amides is 3. The van der Waals surface area contributed by atoms with Gasteiger partial charge in [0.25, 0.3) is 5.91 Å². The van der Waals surface area contributed by atoms with Gasteiger partial charge in [0.05, 0.1) is 5.69 Å². The second-order valence-corrected chi connectivity index (χ2v) is 6.95. The first kappa shape index (κ1) is 18.8. The van der Waals surface area contributed by atoms with Crippen molar-refractivity contribution in [3.8, 4) is 5.69 Å². The summed E-state index contributed by atoms with van der Waals surface area (Å²) in [5.41, 5.74) is 2.33. The van der Waals surface area contributed by atoms with Crippen LogP contribution in [-0.4, -0.2) is 39.0 Å². The summed E-state index contributed by atoms with van der Waals surface area (Å²) in [6.45, 7) is 2.84. The Kier molecular flexibility index (Phi) is 4.88. The highest BCUT2D eigenvalue weighted by Gasteiger charge is 2.35. The van der Waals surface area contributed by atoms with E-state index in [1.807, 2.05) is 0 Å². The van der Waals surface area contributed by atoms with Gasteiger partial charge in [0.1, 0.15) is 18.1 Å². The predicted molar refractivity (Wildman–Crippen MR) is 98.8 cm³/mol. The number of carbonyl (C=O) groups excluding carboxylic acids is 2. The van der Waals surface area contributed by atoms with Gasteiger partial charge in [0, 0.05) is 15.9 Å². The van der Waals surface area contributed by atoms with Crippen LogP contribution in [0.2, 0.25) is 0 Å². The highest BCUT2D eigenvalue weighted by atomic mass is 79.9. The number of hydrogen-bond acceptors (Lipinski definition) is 3. The van der Waals surface area contributed by atoms with Crippen molar-refractivity contribution >= 4 is 39.9 Å². The zero-order valence-corrected chi connectivity index (χ0v) is 16.0. The lowest BCUT2D eigenvalue weighted by Gasteiger charge is -2.11. The van der Waals surface area contributed by atoms with Crippen LogP contribution in [0.15, 0.2) is 34.4 Å². The van der Waals surface area contributed by atoms with Crippen molar-refractivity contribution in [3.63, 3.8) is 0 Å². The van der Waals surface area contributed by atoms with Crippen LogP contribution in [0.5, 0.6) is 0 Å². The average molecular weight is 436 g/mol. The zero-order valence-electron chi connectivity index (χ0n) is 14.4. The molecule has 2 aromatic rings. The summed E-state index contributed by atoms with van der Waals surface area (Å²) < 4.78 is 16.7. The number of imide groups is 1. The lowest BCUT2D eigenvalue weighted by atomic mass is 10.2. The quantitative estimate of drug-likeness (QED) is 0.570. The molecule has 0 bridgehead atoms. The summed E-state index contributed by atoms with van der Waals surface area (Å²) >= 11 is 3.22. The molecule has 0 aliphatic carbocycles. The van der Waals surface area contributed by atoms with Gasteiger partial charge in [0.15, 0.2) is 0 Å². The number of carbonyl (C=O) groups is 3. The maximum absolute atomic E-state index is 14.4. The van der Waals surface area contributed by atoms with E-state index in [1.54, 1.807) is 36.6 Å². The molecule has 3 rings (SSSR count). The fraction of sp³-hybridized carbons (Fsp3) is 0.167. The van der Waals surface area contributed by atoms with E-state index in [4.69, 9.17) is 5.11 Å². The third-order valence-corrected chi connectivity index (χ3v) is 4.67. The Morgan fingerprint density at radius 1 is 1.30 bits per heavy atom. The molecule has 0 spiro atoms. The monoisotopic (exact) mass is 435 g/mol. The number of rotatable bonds is 4. The van der Waals surface area contributed by atoms with Crippen molar-refractivity contribution in [1.82, 2.24) is 14.8 Å². The van der Waals surface area contributed by atoms with Gasteiger partial charge in [-0.05, 0) is 49.8 Å². The van der Waals surface area contributed by atoms with Gasteiger partial charge < -0.3 is 15.0 Å². The maximum atomic E-state index is 14.4. The number of aryl methyl sites for hydroxylation is 1. The molecule has 0 saturated carbocycles. The molecule has 1 aliphatic heterocycles. The number of carboxylic acids is 1. The number of nitrogens with one attached hydrogen (secondary N) is 1. The molecule has 1 aliphatic rings. The molecule has 0 radical (unpaired) electrons. The lowest BCUT2D eigenvalue weighted by molar-refractivity contribution is -0.140. The van der Waals surface area contributed by atoms with Crippen LogP contribution >= 0.6 is 15.9 Å². The summed E-state index contributed by atoms with van der Waals surface area (Å²) in [7, 11) is 0. The maximum Gasteiger partial charge on any atom is 0.329 e. The topological polar surface area (TPSA) is 91.6 Å². The number of urea groups is 1. The summed E-state index contributed by atoms with van der Waals surface area (Å²) in [4.78, 5) is 35.5. The van der Waals surface area contributed by atoms with E-state index in [-0.39, 0.29) is 5.70 Å². The van der Waals surface area contributed by atoms with Gasteiger partial charge in [-0.2, -0.15) is 0 Å². The Morgan fingerprint density at radius 2 is 2.00 bits per heavy atom. The van der Waals surface area contributed by atoms with Crippen LogP contribution < -0.4 is 5.32 Å². The first-order chi connectivity index (χ1) is 12.7. The highest BCUT2D eigenvalue weighted by molar-refractivity contribution is 9.10. The second kappa shape index (κ2) is 6.99. The predicted octanol–water partition coefficient (Wildman–Crippen LogP) is 2.97.